The molecule has 0 fully saturated rings. The van der Waals surface area contributed by atoms with Crippen LogP contribution in [0, 0.1) is 12.8 Å². The number of anilines is 1. The number of para-hydroxylation sites is 1. The Morgan fingerprint density at radius 3 is 2.26 bits per heavy atom. The zero-order valence-electron chi connectivity index (χ0n) is 16.0. The highest BCUT2D eigenvalue weighted by atomic mass is 16.2. The Balaban J connectivity index is 1.94. The zero-order chi connectivity index (χ0) is 19.8. The van der Waals surface area contributed by atoms with E-state index in [0.717, 1.165) is 5.56 Å². The summed E-state index contributed by atoms with van der Waals surface area (Å²) in [6.45, 7) is 6.54. The molecule has 5 heteroatoms. The van der Waals surface area contributed by atoms with E-state index in [4.69, 9.17) is 0 Å². The van der Waals surface area contributed by atoms with Crippen LogP contribution in [-0.2, 0) is 4.79 Å². The minimum atomic E-state index is -0.292. The Labute approximate surface area is 160 Å². The Hall–Kier alpha value is -2.95. The van der Waals surface area contributed by atoms with Gasteiger partial charge in [-0.3, -0.25) is 14.4 Å². The van der Waals surface area contributed by atoms with Crippen molar-refractivity contribution < 1.29 is 14.4 Å². The molecular formula is C22H26N2O3. The van der Waals surface area contributed by atoms with Crippen molar-refractivity contribution in [2.45, 2.75) is 33.6 Å². The smallest absolute Gasteiger partial charge is 0.253 e. The number of Topliss-reactive ketones (excluding diaryl/α,β-unsaturated/α-hetero) is 1. The van der Waals surface area contributed by atoms with Gasteiger partial charge in [0.05, 0.1) is 11.3 Å². The second-order valence-corrected chi connectivity index (χ2v) is 6.99. The molecule has 2 aromatic rings. The van der Waals surface area contributed by atoms with Gasteiger partial charge in [0.15, 0.2) is 5.78 Å². The van der Waals surface area contributed by atoms with Crippen molar-refractivity contribution >= 4 is 23.3 Å². The summed E-state index contributed by atoms with van der Waals surface area (Å²) in [5.41, 5.74) is 2.54. The fraction of sp³-hybridized carbons (Fsp3) is 0.318. The highest BCUT2D eigenvalue weighted by Crippen LogP contribution is 2.16. The van der Waals surface area contributed by atoms with Crippen LogP contribution < -0.4 is 10.6 Å². The van der Waals surface area contributed by atoms with E-state index >= 15 is 0 Å². The lowest BCUT2D eigenvalue weighted by Gasteiger charge is -2.12. The molecule has 142 valence electrons. The third-order valence-electron chi connectivity index (χ3n) is 4.07. The number of nitrogens with one attached hydrogen (secondary N) is 2. The van der Waals surface area contributed by atoms with Gasteiger partial charge in [0, 0.05) is 24.9 Å². The van der Waals surface area contributed by atoms with Gasteiger partial charge in [-0.05, 0) is 25.0 Å². The Morgan fingerprint density at radius 1 is 0.926 bits per heavy atom. The first-order chi connectivity index (χ1) is 12.9. The Kier molecular flexibility index (Phi) is 7.29. The maximum absolute atomic E-state index is 12.3. The minimum absolute atomic E-state index is 0.0641. The summed E-state index contributed by atoms with van der Waals surface area (Å²) in [7, 11) is 0. The van der Waals surface area contributed by atoms with E-state index in [0.29, 0.717) is 29.3 Å². The topological polar surface area (TPSA) is 75.3 Å². The van der Waals surface area contributed by atoms with Crippen molar-refractivity contribution in [3.63, 3.8) is 0 Å². The molecule has 0 saturated carbocycles. The maximum Gasteiger partial charge on any atom is 0.253 e. The number of benzene rings is 2. The molecule has 0 aliphatic carbocycles. The summed E-state index contributed by atoms with van der Waals surface area (Å²) in [6.07, 6.45) is 0.186. The molecule has 2 amide bonds. The van der Waals surface area contributed by atoms with Gasteiger partial charge in [-0.25, -0.2) is 0 Å². The maximum atomic E-state index is 12.3. The molecule has 0 aromatic heterocycles. The van der Waals surface area contributed by atoms with E-state index in [1.807, 2.05) is 32.9 Å². The van der Waals surface area contributed by atoms with Crippen LogP contribution in [0.3, 0.4) is 0 Å². The van der Waals surface area contributed by atoms with Crippen LogP contribution in [0.1, 0.15) is 53.0 Å². The van der Waals surface area contributed by atoms with E-state index in [1.165, 1.54) is 0 Å². The summed E-state index contributed by atoms with van der Waals surface area (Å²) >= 11 is 0. The SMILES string of the molecule is Cc1ccc(C(=O)CCC(=O)Nc2ccccc2C(=O)NCC(C)C)cc1. The number of hydrogen-bond donors (Lipinski definition) is 2. The van der Waals surface area contributed by atoms with Crippen LogP contribution in [0.4, 0.5) is 5.69 Å². The molecule has 0 heterocycles. The third kappa shape index (κ3) is 6.37. The molecular weight excluding hydrogens is 340 g/mol. The van der Waals surface area contributed by atoms with Crippen LogP contribution in [0.2, 0.25) is 0 Å². The number of carbonyl (C=O) groups excluding carboxylic acids is 3. The second kappa shape index (κ2) is 9.67. The molecule has 27 heavy (non-hydrogen) atoms. The highest BCUT2D eigenvalue weighted by molar-refractivity contribution is 6.05. The zero-order valence-corrected chi connectivity index (χ0v) is 16.0. The summed E-state index contributed by atoms with van der Waals surface area (Å²) in [6, 6.07) is 14.1. The number of hydrogen-bond acceptors (Lipinski definition) is 3. The van der Waals surface area contributed by atoms with Crippen molar-refractivity contribution in [1.29, 1.82) is 0 Å². The van der Waals surface area contributed by atoms with Crippen molar-refractivity contribution in [1.82, 2.24) is 5.32 Å². The van der Waals surface area contributed by atoms with E-state index in [9.17, 15) is 14.4 Å². The first kappa shape index (κ1) is 20.4. The average Bonchev–Trinajstić information content (AvgIpc) is 2.65. The normalized spacial score (nSPS) is 10.5. The summed E-state index contributed by atoms with van der Waals surface area (Å²) < 4.78 is 0. The summed E-state index contributed by atoms with van der Waals surface area (Å²) in [5.74, 6) is -0.258. The van der Waals surface area contributed by atoms with Crippen LogP contribution >= 0.6 is 0 Å². The van der Waals surface area contributed by atoms with Crippen molar-refractivity contribution in [2.75, 3.05) is 11.9 Å². The van der Waals surface area contributed by atoms with E-state index in [1.54, 1.807) is 36.4 Å². The number of amides is 2. The molecule has 0 atom stereocenters. The lowest BCUT2D eigenvalue weighted by molar-refractivity contribution is -0.116. The predicted octanol–water partition coefficient (Wildman–Crippen LogP) is 3.98. The van der Waals surface area contributed by atoms with Gasteiger partial charge in [-0.2, -0.15) is 0 Å². The van der Waals surface area contributed by atoms with Gasteiger partial charge in [-0.15, -0.1) is 0 Å². The van der Waals surface area contributed by atoms with Crippen LogP contribution in [0.25, 0.3) is 0 Å². The number of ketones is 1. The lowest BCUT2D eigenvalue weighted by atomic mass is 10.0. The van der Waals surface area contributed by atoms with Crippen molar-refractivity contribution in [2.24, 2.45) is 5.92 Å². The molecule has 0 spiro atoms. The van der Waals surface area contributed by atoms with E-state index in [-0.39, 0.29) is 30.4 Å². The summed E-state index contributed by atoms with van der Waals surface area (Å²) in [5, 5.41) is 5.59. The number of aryl methyl sites for hydroxylation is 1. The molecule has 2 rings (SSSR count). The first-order valence-electron chi connectivity index (χ1n) is 9.13. The molecule has 0 aliphatic rings. The average molecular weight is 366 g/mol. The van der Waals surface area contributed by atoms with Gasteiger partial charge in [-0.1, -0.05) is 55.8 Å². The first-order valence-corrected chi connectivity index (χ1v) is 9.13. The van der Waals surface area contributed by atoms with Gasteiger partial charge in [0.25, 0.3) is 5.91 Å². The van der Waals surface area contributed by atoms with E-state index < -0.39 is 0 Å². The predicted molar refractivity (Wildman–Crippen MR) is 107 cm³/mol. The lowest BCUT2D eigenvalue weighted by Crippen LogP contribution is -2.28. The fourth-order valence-corrected chi connectivity index (χ4v) is 2.51. The molecule has 0 unspecified atom stereocenters. The number of rotatable bonds is 8. The molecule has 5 nitrogen and oxygen atoms in total. The molecule has 0 radical (unpaired) electrons. The largest absolute Gasteiger partial charge is 0.352 e. The monoisotopic (exact) mass is 366 g/mol. The summed E-state index contributed by atoms with van der Waals surface area (Å²) in [4.78, 5) is 36.8. The molecule has 0 saturated heterocycles. The van der Waals surface area contributed by atoms with Gasteiger partial charge in [0.1, 0.15) is 0 Å². The Bertz CT molecular complexity index is 811. The molecule has 0 aliphatic heterocycles. The Morgan fingerprint density at radius 2 is 1.59 bits per heavy atom. The second-order valence-electron chi connectivity index (χ2n) is 6.99. The molecule has 0 bridgehead atoms. The quantitative estimate of drug-likeness (QED) is 0.694. The third-order valence-corrected chi connectivity index (χ3v) is 4.07. The van der Waals surface area contributed by atoms with Crippen molar-refractivity contribution in [3.05, 3.63) is 65.2 Å². The van der Waals surface area contributed by atoms with E-state index in [2.05, 4.69) is 10.6 Å². The van der Waals surface area contributed by atoms with Crippen LogP contribution in [0.5, 0.6) is 0 Å². The standard InChI is InChI=1S/C22H26N2O3/c1-15(2)14-23-22(27)18-6-4-5-7-19(18)24-21(26)13-12-20(25)17-10-8-16(3)9-11-17/h4-11,15H,12-14H2,1-3H3,(H,23,27)(H,24,26). The van der Waals surface area contributed by atoms with Crippen LogP contribution in [0.15, 0.2) is 48.5 Å². The fourth-order valence-electron chi connectivity index (χ4n) is 2.51. The van der Waals surface area contributed by atoms with Gasteiger partial charge >= 0.3 is 0 Å². The number of carbonyl (C=O) groups is 3. The highest BCUT2D eigenvalue weighted by Gasteiger charge is 2.14. The van der Waals surface area contributed by atoms with Crippen molar-refractivity contribution in [3.8, 4) is 0 Å². The van der Waals surface area contributed by atoms with Gasteiger partial charge in [0.2, 0.25) is 5.91 Å². The molecule has 2 aromatic carbocycles. The van der Waals surface area contributed by atoms with Crippen LogP contribution in [-0.4, -0.2) is 24.1 Å². The molecule has 2 N–H and O–H groups in total. The van der Waals surface area contributed by atoms with Gasteiger partial charge < -0.3 is 10.6 Å². The minimum Gasteiger partial charge on any atom is -0.352 e.